The molecule has 5 nitrogen and oxygen atoms in total. The van der Waals surface area contributed by atoms with E-state index in [1.165, 1.54) is 0 Å². The van der Waals surface area contributed by atoms with E-state index in [1.54, 1.807) is 12.1 Å². The minimum absolute atomic E-state index is 0.219. The van der Waals surface area contributed by atoms with Gasteiger partial charge in [-0.25, -0.2) is 4.79 Å². The molecule has 1 aliphatic heterocycles. The number of aromatic carboxylic acids is 1. The lowest BCUT2D eigenvalue weighted by Gasteiger charge is -2.36. The van der Waals surface area contributed by atoms with Crippen LogP contribution in [0.3, 0.4) is 0 Å². The van der Waals surface area contributed by atoms with Crippen molar-refractivity contribution in [3.05, 3.63) is 23.8 Å². The molecule has 0 radical (unpaired) electrons. The van der Waals surface area contributed by atoms with E-state index >= 15 is 0 Å². The van der Waals surface area contributed by atoms with Crippen LogP contribution in [0, 0.1) is 0 Å². The summed E-state index contributed by atoms with van der Waals surface area (Å²) in [6.45, 7) is 1.29. The molecule has 0 aromatic heterocycles. The highest BCUT2D eigenvalue weighted by Crippen LogP contribution is 2.35. The quantitative estimate of drug-likeness (QED) is 0.813. The van der Waals surface area contributed by atoms with Gasteiger partial charge in [-0.15, -0.1) is 0 Å². The van der Waals surface area contributed by atoms with Crippen molar-refractivity contribution in [3.63, 3.8) is 0 Å². The average molecular weight is 236 g/mol. The van der Waals surface area contributed by atoms with E-state index in [4.69, 9.17) is 9.84 Å². The molecule has 1 aromatic carbocycles. The van der Waals surface area contributed by atoms with Crippen molar-refractivity contribution in [2.45, 2.75) is 6.04 Å². The molecule has 1 unspecified atom stereocenters. The van der Waals surface area contributed by atoms with Crippen molar-refractivity contribution in [3.8, 4) is 5.75 Å². The highest BCUT2D eigenvalue weighted by atomic mass is 16.5. The summed E-state index contributed by atoms with van der Waals surface area (Å²) in [7, 11) is 3.84. The maximum atomic E-state index is 11.1. The molecular formula is C12H16N2O3. The minimum Gasteiger partial charge on any atom is -0.488 e. The summed E-state index contributed by atoms with van der Waals surface area (Å²) in [6, 6.07) is 5.40. The van der Waals surface area contributed by atoms with E-state index in [-0.39, 0.29) is 11.6 Å². The normalized spacial score (nSPS) is 18.5. The Morgan fingerprint density at radius 2 is 2.41 bits per heavy atom. The number of carboxylic acids is 1. The lowest BCUT2D eigenvalue weighted by molar-refractivity contribution is 0.0691. The molecule has 1 aromatic rings. The maximum Gasteiger partial charge on any atom is 0.339 e. The fraction of sp³-hybridized carbons (Fsp3) is 0.417. The molecule has 0 fully saturated rings. The summed E-state index contributed by atoms with van der Waals surface area (Å²) >= 11 is 0. The second-order valence-electron chi connectivity index (χ2n) is 4.09. The SMILES string of the molecule is CNCC1COc2c(C(=O)O)cccc2N1C. The number of anilines is 1. The van der Waals surface area contributed by atoms with Crippen molar-refractivity contribution in [1.82, 2.24) is 5.32 Å². The first-order chi connectivity index (χ1) is 8.15. The summed E-state index contributed by atoms with van der Waals surface area (Å²) in [4.78, 5) is 13.1. The standard InChI is InChI=1S/C12H16N2O3/c1-13-6-8-7-17-11-9(12(15)16)4-3-5-10(11)14(8)2/h3-5,8,13H,6-7H2,1-2H3,(H,15,16). The molecule has 17 heavy (non-hydrogen) atoms. The average Bonchev–Trinajstić information content (AvgIpc) is 2.32. The Morgan fingerprint density at radius 1 is 1.65 bits per heavy atom. The van der Waals surface area contributed by atoms with Crippen molar-refractivity contribution < 1.29 is 14.6 Å². The Balaban J connectivity index is 2.37. The second-order valence-corrected chi connectivity index (χ2v) is 4.09. The molecule has 0 amide bonds. The Kier molecular flexibility index (Phi) is 3.19. The monoisotopic (exact) mass is 236 g/mol. The van der Waals surface area contributed by atoms with Gasteiger partial charge < -0.3 is 20.1 Å². The first kappa shape index (κ1) is 11.7. The van der Waals surface area contributed by atoms with Crippen LogP contribution in [0.4, 0.5) is 5.69 Å². The molecule has 1 aliphatic rings. The summed E-state index contributed by atoms with van der Waals surface area (Å²) < 4.78 is 5.59. The number of benzene rings is 1. The van der Waals surface area contributed by atoms with Crippen LogP contribution in [0.1, 0.15) is 10.4 Å². The molecule has 0 aliphatic carbocycles. The van der Waals surface area contributed by atoms with Gasteiger partial charge in [0.1, 0.15) is 12.2 Å². The van der Waals surface area contributed by atoms with Crippen molar-refractivity contribution >= 4 is 11.7 Å². The van der Waals surface area contributed by atoms with E-state index in [9.17, 15) is 4.79 Å². The van der Waals surface area contributed by atoms with Gasteiger partial charge in [-0.1, -0.05) is 6.07 Å². The zero-order chi connectivity index (χ0) is 12.4. The fourth-order valence-corrected chi connectivity index (χ4v) is 2.04. The van der Waals surface area contributed by atoms with Crippen molar-refractivity contribution in [1.29, 1.82) is 0 Å². The van der Waals surface area contributed by atoms with Crippen LogP contribution in [0.5, 0.6) is 5.75 Å². The number of rotatable bonds is 3. The Hall–Kier alpha value is -1.75. The molecule has 0 saturated carbocycles. The van der Waals surface area contributed by atoms with E-state index in [1.807, 2.05) is 20.2 Å². The van der Waals surface area contributed by atoms with Gasteiger partial charge in [-0.2, -0.15) is 0 Å². The number of carboxylic acid groups (broad SMARTS) is 1. The number of ether oxygens (including phenoxy) is 1. The Labute approximate surface area is 100.0 Å². The summed E-state index contributed by atoms with van der Waals surface area (Å²) in [6.07, 6.45) is 0. The highest BCUT2D eigenvalue weighted by molar-refractivity contribution is 5.93. The van der Waals surface area contributed by atoms with Gasteiger partial charge in [-0.05, 0) is 19.2 Å². The number of fused-ring (bicyclic) bond motifs is 1. The lowest BCUT2D eigenvalue weighted by Crippen LogP contribution is -2.46. The third-order valence-electron chi connectivity index (χ3n) is 3.01. The Morgan fingerprint density at radius 3 is 3.06 bits per heavy atom. The van der Waals surface area contributed by atoms with Crippen LogP contribution in [-0.4, -0.2) is 44.4 Å². The van der Waals surface area contributed by atoms with Crippen molar-refractivity contribution in [2.24, 2.45) is 0 Å². The number of nitrogens with zero attached hydrogens (tertiary/aromatic N) is 1. The van der Waals surface area contributed by atoms with Crippen LogP contribution >= 0.6 is 0 Å². The van der Waals surface area contributed by atoms with Crippen molar-refractivity contribution in [2.75, 3.05) is 32.1 Å². The van der Waals surface area contributed by atoms with Gasteiger partial charge in [0.05, 0.1) is 11.7 Å². The third kappa shape index (κ3) is 2.06. The number of nitrogens with one attached hydrogen (secondary N) is 1. The molecule has 0 spiro atoms. The number of hydrogen-bond acceptors (Lipinski definition) is 4. The molecule has 5 heteroatoms. The van der Waals surface area contributed by atoms with Gasteiger partial charge in [0.15, 0.2) is 5.75 Å². The number of para-hydroxylation sites is 1. The van der Waals surface area contributed by atoms with Gasteiger partial charge in [-0.3, -0.25) is 0 Å². The lowest BCUT2D eigenvalue weighted by atomic mass is 10.1. The Bertz CT molecular complexity index is 434. The molecule has 2 N–H and O–H groups in total. The van der Waals surface area contributed by atoms with E-state index in [0.29, 0.717) is 12.4 Å². The zero-order valence-corrected chi connectivity index (χ0v) is 9.93. The van der Waals surface area contributed by atoms with E-state index in [0.717, 1.165) is 12.2 Å². The van der Waals surface area contributed by atoms with Crippen LogP contribution < -0.4 is 15.0 Å². The molecule has 0 saturated heterocycles. The molecule has 1 atom stereocenters. The van der Waals surface area contributed by atoms with Gasteiger partial charge in [0.25, 0.3) is 0 Å². The largest absolute Gasteiger partial charge is 0.488 e. The third-order valence-corrected chi connectivity index (χ3v) is 3.01. The van der Waals surface area contributed by atoms with E-state index in [2.05, 4.69) is 10.2 Å². The van der Waals surface area contributed by atoms with Gasteiger partial charge in [0, 0.05) is 13.6 Å². The predicted molar refractivity (Wildman–Crippen MR) is 65.0 cm³/mol. The van der Waals surface area contributed by atoms with Gasteiger partial charge >= 0.3 is 5.97 Å². The summed E-state index contributed by atoms with van der Waals surface area (Å²) in [5.41, 5.74) is 1.05. The molecule has 92 valence electrons. The number of likely N-dealkylation sites (N-methyl/N-ethyl adjacent to an activating group) is 2. The highest BCUT2D eigenvalue weighted by Gasteiger charge is 2.27. The maximum absolute atomic E-state index is 11.1. The first-order valence-electron chi connectivity index (χ1n) is 5.51. The fourth-order valence-electron chi connectivity index (χ4n) is 2.04. The number of hydrogen-bond donors (Lipinski definition) is 2. The minimum atomic E-state index is -0.956. The number of carbonyl (C=O) groups is 1. The van der Waals surface area contributed by atoms with Crippen LogP contribution in [0.25, 0.3) is 0 Å². The van der Waals surface area contributed by atoms with Crippen LogP contribution in [0.2, 0.25) is 0 Å². The van der Waals surface area contributed by atoms with Crippen LogP contribution in [-0.2, 0) is 0 Å². The molecular weight excluding hydrogens is 220 g/mol. The summed E-state index contributed by atoms with van der Waals surface area (Å²) in [5, 5.41) is 12.2. The summed E-state index contributed by atoms with van der Waals surface area (Å²) in [5.74, 6) is -0.489. The molecule has 1 heterocycles. The smallest absolute Gasteiger partial charge is 0.339 e. The zero-order valence-electron chi connectivity index (χ0n) is 9.93. The second kappa shape index (κ2) is 4.63. The van der Waals surface area contributed by atoms with E-state index < -0.39 is 5.97 Å². The predicted octanol–water partition coefficient (Wildman–Crippen LogP) is 0.801. The first-order valence-corrected chi connectivity index (χ1v) is 5.51. The topological polar surface area (TPSA) is 61.8 Å². The van der Waals surface area contributed by atoms with Gasteiger partial charge in [0.2, 0.25) is 0 Å². The van der Waals surface area contributed by atoms with Crippen LogP contribution in [0.15, 0.2) is 18.2 Å². The molecule has 0 bridgehead atoms. The molecule has 2 rings (SSSR count).